The zero-order chi connectivity index (χ0) is 15.0. The minimum atomic E-state index is 0.00836. The quantitative estimate of drug-likeness (QED) is 0.777. The Balaban J connectivity index is 2.02. The van der Waals surface area contributed by atoms with Gasteiger partial charge in [-0.25, -0.2) is 0 Å². The number of hydrogen-bond donors (Lipinski definition) is 1. The molecule has 108 valence electrons. The second kappa shape index (κ2) is 5.73. The van der Waals surface area contributed by atoms with Gasteiger partial charge in [0.25, 0.3) is 5.91 Å². The average molecular weight is 363 g/mol. The first kappa shape index (κ1) is 14.5. The van der Waals surface area contributed by atoms with Crippen molar-refractivity contribution >= 4 is 45.0 Å². The molecule has 0 saturated heterocycles. The lowest BCUT2D eigenvalue weighted by molar-refractivity contribution is 0.0987. The zero-order valence-electron chi connectivity index (χ0n) is 11.6. The van der Waals surface area contributed by atoms with E-state index in [0.717, 1.165) is 26.4 Å². The van der Waals surface area contributed by atoms with E-state index in [0.29, 0.717) is 17.8 Å². The monoisotopic (exact) mass is 362 g/mol. The third kappa shape index (κ3) is 2.80. The number of fused-ring (bicyclic) bond motifs is 1. The van der Waals surface area contributed by atoms with Gasteiger partial charge < -0.3 is 10.6 Å². The van der Waals surface area contributed by atoms with Gasteiger partial charge >= 0.3 is 0 Å². The highest BCUT2D eigenvalue weighted by Gasteiger charge is 2.25. The number of nitrogens with zero attached hydrogens (tertiary/aromatic N) is 1. The van der Waals surface area contributed by atoms with Crippen LogP contribution in [0.1, 0.15) is 15.9 Å². The Morgan fingerprint density at radius 1 is 1.29 bits per heavy atom. The summed E-state index contributed by atoms with van der Waals surface area (Å²) in [6, 6.07) is 11.5. The number of hydrogen-bond acceptors (Lipinski definition) is 3. The molecule has 1 amide bonds. The van der Waals surface area contributed by atoms with Crippen LogP contribution in [-0.4, -0.2) is 18.2 Å². The molecule has 2 aromatic carbocycles. The lowest BCUT2D eigenvalue weighted by atomic mass is 10.1. The topological polar surface area (TPSA) is 46.3 Å². The smallest absolute Gasteiger partial charge is 0.259 e. The lowest BCUT2D eigenvalue weighted by Crippen LogP contribution is -2.35. The van der Waals surface area contributed by atoms with Crippen LogP contribution in [0.4, 0.5) is 11.4 Å². The Hall–Kier alpha value is -1.46. The van der Waals surface area contributed by atoms with Crippen LogP contribution in [0.25, 0.3) is 0 Å². The SMILES string of the molecule is Cc1ccc(C(=O)N2CCSc3ccc(N)cc32)c(Br)c1. The van der Waals surface area contributed by atoms with E-state index in [9.17, 15) is 4.79 Å². The summed E-state index contributed by atoms with van der Waals surface area (Å²) in [6.45, 7) is 2.70. The standard InChI is InChI=1S/C16H15BrN2OS/c1-10-2-4-12(13(17)8-10)16(20)19-6-7-21-15-5-3-11(18)9-14(15)19/h2-5,8-9H,6-7,18H2,1H3. The third-order valence-corrected chi connectivity index (χ3v) is 5.15. The maximum absolute atomic E-state index is 12.9. The summed E-state index contributed by atoms with van der Waals surface area (Å²) in [7, 11) is 0. The van der Waals surface area contributed by atoms with Crippen molar-refractivity contribution < 1.29 is 4.79 Å². The minimum Gasteiger partial charge on any atom is -0.399 e. The van der Waals surface area contributed by atoms with Crippen LogP contribution >= 0.6 is 27.7 Å². The number of carbonyl (C=O) groups is 1. The molecular weight excluding hydrogens is 348 g/mol. The van der Waals surface area contributed by atoms with E-state index in [4.69, 9.17) is 5.73 Å². The first-order valence-corrected chi connectivity index (χ1v) is 8.44. The van der Waals surface area contributed by atoms with E-state index < -0.39 is 0 Å². The summed E-state index contributed by atoms with van der Waals surface area (Å²) in [5.74, 6) is 0.903. The zero-order valence-corrected chi connectivity index (χ0v) is 14.0. The molecule has 2 N–H and O–H groups in total. The summed E-state index contributed by atoms with van der Waals surface area (Å²) >= 11 is 5.25. The van der Waals surface area contributed by atoms with Crippen molar-refractivity contribution in [2.75, 3.05) is 22.9 Å². The Kier molecular flexibility index (Phi) is 3.95. The molecule has 5 heteroatoms. The molecule has 0 spiro atoms. The fourth-order valence-electron chi connectivity index (χ4n) is 2.38. The van der Waals surface area contributed by atoms with Crippen molar-refractivity contribution in [2.24, 2.45) is 0 Å². The van der Waals surface area contributed by atoms with Gasteiger partial charge in [-0.2, -0.15) is 0 Å². The highest BCUT2D eigenvalue weighted by atomic mass is 79.9. The van der Waals surface area contributed by atoms with E-state index in [1.807, 2.05) is 48.2 Å². The van der Waals surface area contributed by atoms with Gasteiger partial charge in [0.2, 0.25) is 0 Å². The van der Waals surface area contributed by atoms with E-state index in [1.54, 1.807) is 11.8 Å². The predicted octanol–water partition coefficient (Wildman–Crippen LogP) is 4.09. The van der Waals surface area contributed by atoms with Gasteiger partial charge in [-0.15, -0.1) is 11.8 Å². The van der Waals surface area contributed by atoms with Crippen molar-refractivity contribution in [3.8, 4) is 0 Å². The molecule has 2 aromatic rings. The van der Waals surface area contributed by atoms with Gasteiger partial charge in [-0.05, 0) is 58.7 Å². The number of thioether (sulfide) groups is 1. The Bertz CT molecular complexity index is 717. The molecule has 0 radical (unpaired) electrons. The lowest BCUT2D eigenvalue weighted by Gasteiger charge is -2.29. The molecule has 0 fully saturated rings. The molecule has 3 nitrogen and oxygen atoms in total. The predicted molar refractivity (Wildman–Crippen MR) is 92.1 cm³/mol. The van der Waals surface area contributed by atoms with Gasteiger partial charge in [0.1, 0.15) is 0 Å². The third-order valence-electron chi connectivity index (χ3n) is 3.45. The van der Waals surface area contributed by atoms with Crippen LogP contribution in [0, 0.1) is 6.92 Å². The molecule has 1 aliphatic rings. The van der Waals surface area contributed by atoms with Gasteiger partial charge in [0.05, 0.1) is 11.3 Å². The van der Waals surface area contributed by atoms with Crippen LogP contribution in [0.2, 0.25) is 0 Å². The van der Waals surface area contributed by atoms with Crippen molar-refractivity contribution in [1.29, 1.82) is 0 Å². The summed E-state index contributed by atoms with van der Waals surface area (Å²) in [6.07, 6.45) is 0. The second-order valence-corrected chi connectivity index (χ2v) is 7.01. The van der Waals surface area contributed by atoms with E-state index in [1.165, 1.54) is 0 Å². The van der Waals surface area contributed by atoms with Crippen LogP contribution in [0.3, 0.4) is 0 Å². The molecule has 21 heavy (non-hydrogen) atoms. The van der Waals surface area contributed by atoms with Crippen molar-refractivity contribution in [1.82, 2.24) is 0 Å². The van der Waals surface area contributed by atoms with Gasteiger partial charge in [-0.3, -0.25) is 4.79 Å². The Morgan fingerprint density at radius 2 is 2.10 bits per heavy atom. The summed E-state index contributed by atoms with van der Waals surface area (Å²) in [5.41, 5.74) is 9.26. The normalized spacial score (nSPS) is 13.9. The van der Waals surface area contributed by atoms with Crippen LogP contribution in [0.15, 0.2) is 45.8 Å². The van der Waals surface area contributed by atoms with Crippen molar-refractivity contribution in [3.63, 3.8) is 0 Å². The molecule has 0 aromatic heterocycles. The van der Waals surface area contributed by atoms with E-state index in [2.05, 4.69) is 15.9 Å². The van der Waals surface area contributed by atoms with Crippen molar-refractivity contribution in [3.05, 3.63) is 52.0 Å². The summed E-state index contributed by atoms with van der Waals surface area (Å²) < 4.78 is 0.830. The fraction of sp³-hybridized carbons (Fsp3) is 0.188. The average Bonchev–Trinajstić information content (AvgIpc) is 2.46. The highest BCUT2D eigenvalue weighted by molar-refractivity contribution is 9.10. The van der Waals surface area contributed by atoms with E-state index >= 15 is 0 Å². The van der Waals surface area contributed by atoms with Gasteiger partial charge in [-0.1, -0.05) is 6.07 Å². The molecule has 1 heterocycles. The number of carbonyl (C=O) groups excluding carboxylic acids is 1. The van der Waals surface area contributed by atoms with Crippen molar-refractivity contribution in [2.45, 2.75) is 11.8 Å². The number of nitrogens with two attached hydrogens (primary N) is 1. The van der Waals surface area contributed by atoms with Crippen LogP contribution in [-0.2, 0) is 0 Å². The molecule has 3 rings (SSSR count). The molecule has 0 unspecified atom stereocenters. The summed E-state index contributed by atoms with van der Waals surface area (Å²) in [5, 5.41) is 0. The molecule has 0 saturated carbocycles. The van der Waals surface area contributed by atoms with E-state index in [-0.39, 0.29) is 5.91 Å². The largest absolute Gasteiger partial charge is 0.399 e. The van der Waals surface area contributed by atoms with Crippen LogP contribution < -0.4 is 10.6 Å². The summed E-state index contributed by atoms with van der Waals surface area (Å²) in [4.78, 5) is 15.8. The number of nitrogen functional groups attached to an aromatic ring is 1. The first-order chi connectivity index (χ1) is 10.1. The number of rotatable bonds is 1. The maximum Gasteiger partial charge on any atom is 0.259 e. The molecule has 1 aliphatic heterocycles. The number of anilines is 2. The van der Waals surface area contributed by atoms with Crippen LogP contribution in [0.5, 0.6) is 0 Å². The minimum absolute atomic E-state index is 0.00836. The second-order valence-electron chi connectivity index (χ2n) is 5.02. The number of benzene rings is 2. The Morgan fingerprint density at radius 3 is 2.86 bits per heavy atom. The highest BCUT2D eigenvalue weighted by Crippen LogP contribution is 2.37. The Labute approximate surface area is 136 Å². The fourth-order valence-corrected chi connectivity index (χ4v) is 4.02. The van der Waals surface area contributed by atoms with Gasteiger partial charge in [0, 0.05) is 27.4 Å². The van der Waals surface area contributed by atoms with Gasteiger partial charge in [0.15, 0.2) is 0 Å². The number of aryl methyl sites for hydroxylation is 1. The molecular formula is C16H15BrN2OS. The first-order valence-electron chi connectivity index (χ1n) is 6.66. The maximum atomic E-state index is 12.9. The number of halogens is 1. The number of amides is 1. The molecule has 0 bridgehead atoms. The molecule has 0 atom stereocenters. The molecule has 0 aliphatic carbocycles.